The van der Waals surface area contributed by atoms with Gasteiger partial charge in [-0.05, 0) is 45.3 Å². The van der Waals surface area contributed by atoms with Crippen LogP contribution in [-0.2, 0) is 13.1 Å². The van der Waals surface area contributed by atoms with Gasteiger partial charge in [0.1, 0.15) is 0 Å². The molecule has 92 valence electrons. The fourth-order valence-electron chi connectivity index (χ4n) is 2.53. The minimum Gasteiger partial charge on any atom is -0.388 e. The van der Waals surface area contributed by atoms with Crippen LogP contribution in [0.15, 0.2) is 46.9 Å². The number of anilines is 2. The van der Waals surface area contributed by atoms with Gasteiger partial charge in [0.15, 0.2) is 0 Å². The van der Waals surface area contributed by atoms with Gasteiger partial charge in [-0.15, -0.1) is 0 Å². The average molecular weight is 303 g/mol. The standard InChI is InChI=1S/C15H15BrN2/c1-17-14-7-4-5-11-9-18(10-12(11)14)15-8-3-2-6-13(15)16/h2-8,17H,9-10H2,1H3. The molecule has 1 aliphatic rings. The molecule has 18 heavy (non-hydrogen) atoms. The summed E-state index contributed by atoms with van der Waals surface area (Å²) in [6.07, 6.45) is 0. The second-order valence-electron chi connectivity index (χ2n) is 4.50. The summed E-state index contributed by atoms with van der Waals surface area (Å²) in [7, 11) is 1.98. The first-order valence-electron chi connectivity index (χ1n) is 6.07. The molecule has 2 aromatic rings. The number of nitrogens with zero attached hydrogens (tertiary/aromatic N) is 1. The van der Waals surface area contributed by atoms with Crippen LogP contribution < -0.4 is 10.2 Å². The van der Waals surface area contributed by atoms with E-state index in [0.29, 0.717) is 0 Å². The highest BCUT2D eigenvalue weighted by molar-refractivity contribution is 9.10. The Morgan fingerprint density at radius 2 is 1.89 bits per heavy atom. The van der Waals surface area contributed by atoms with Gasteiger partial charge in [0, 0.05) is 30.3 Å². The zero-order valence-electron chi connectivity index (χ0n) is 10.3. The van der Waals surface area contributed by atoms with E-state index < -0.39 is 0 Å². The molecular formula is C15H15BrN2. The predicted molar refractivity (Wildman–Crippen MR) is 80.0 cm³/mol. The Hall–Kier alpha value is -1.48. The van der Waals surface area contributed by atoms with Crippen LogP contribution in [0.2, 0.25) is 0 Å². The number of nitrogens with one attached hydrogen (secondary N) is 1. The SMILES string of the molecule is CNc1cccc2c1CN(c1ccccc1Br)C2. The first-order chi connectivity index (χ1) is 8.79. The monoisotopic (exact) mass is 302 g/mol. The molecule has 2 nitrogen and oxygen atoms in total. The van der Waals surface area contributed by atoms with Crippen molar-refractivity contribution in [3.63, 3.8) is 0 Å². The van der Waals surface area contributed by atoms with Crippen molar-refractivity contribution in [3.05, 3.63) is 58.1 Å². The fraction of sp³-hybridized carbons (Fsp3) is 0.200. The summed E-state index contributed by atoms with van der Waals surface area (Å²) in [6, 6.07) is 14.9. The molecule has 3 heteroatoms. The average Bonchev–Trinajstić information content (AvgIpc) is 2.82. The molecule has 0 spiro atoms. The van der Waals surface area contributed by atoms with Crippen molar-refractivity contribution in [3.8, 4) is 0 Å². The van der Waals surface area contributed by atoms with Gasteiger partial charge in [-0.25, -0.2) is 0 Å². The third-order valence-electron chi connectivity index (χ3n) is 3.45. The van der Waals surface area contributed by atoms with Gasteiger partial charge < -0.3 is 10.2 Å². The van der Waals surface area contributed by atoms with Gasteiger partial charge >= 0.3 is 0 Å². The third kappa shape index (κ3) is 1.89. The molecule has 0 radical (unpaired) electrons. The number of benzene rings is 2. The highest BCUT2D eigenvalue weighted by atomic mass is 79.9. The van der Waals surface area contributed by atoms with E-state index in [1.807, 2.05) is 7.05 Å². The molecule has 0 saturated heterocycles. The summed E-state index contributed by atoms with van der Waals surface area (Å²) in [5, 5.41) is 3.28. The third-order valence-corrected chi connectivity index (χ3v) is 4.12. The maximum atomic E-state index is 3.63. The Labute approximate surface area is 116 Å². The van der Waals surface area contributed by atoms with E-state index in [9.17, 15) is 0 Å². The van der Waals surface area contributed by atoms with Crippen molar-refractivity contribution in [1.29, 1.82) is 0 Å². The van der Waals surface area contributed by atoms with Crippen LogP contribution >= 0.6 is 15.9 Å². The highest BCUT2D eigenvalue weighted by Gasteiger charge is 2.22. The van der Waals surface area contributed by atoms with Gasteiger partial charge in [0.25, 0.3) is 0 Å². The minimum atomic E-state index is 0.967. The molecule has 1 heterocycles. The Bertz CT molecular complexity index is 580. The van der Waals surface area contributed by atoms with Gasteiger partial charge in [0.2, 0.25) is 0 Å². The molecule has 0 bridgehead atoms. The summed E-state index contributed by atoms with van der Waals surface area (Å²) in [5.41, 5.74) is 5.33. The maximum absolute atomic E-state index is 3.63. The van der Waals surface area contributed by atoms with Crippen LogP contribution in [-0.4, -0.2) is 7.05 Å². The lowest BCUT2D eigenvalue weighted by molar-refractivity contribution is 0.878. The second kappa shape index (κ2) is 4.65. The quantitative estimate of drug-likeness (QED) is 0.901. The van der Waals surface area contributed by atoms with E-state index in [0.717, 1.165) is 17.6 Å². The van der Waals surface area contributed by atoms with E-state index >= 15 is 0 Å². The fourth-order valence-corrected chi connectivity index (χ4v) is 3.07. The molecule has 2 aromatic carbocycles. The number of para-hydroxylation sites is 1. The van der Waals surface area contributed by atoms with E-state index in [-0.39, 0.29) is 0 Å². The summed E-state index contributed by atoms with van der Waals surface area (Å²) >= 11 is 3.63. The first kappa shape index (κ1) is 11.6. The number of rotatable bonds is 2. The smallest absolute Gasteiger partial charge is 0.0516 e. The zero-order valence-corrected chi connectivity index (χ0v) is 11.9. The molecule has 0 atom stereocenters. The predicted octanol–water partition coefficient (Wildman–Crippen LogP) is 4.01. The number of hydrogen-bond donors (Lipinski definition) is 1. The number of halogens is 1. The molecule has 0 unspecified atom stereocenters. The molecule has 0 saturated carbocycles. The molecule has 0 fully saturated rings. The van der Waals surface area contributed by atoms with Crippen molar-refractivity contribution in [2.45, 2.75) is 13.1 Å². The molecule has 3 rings (SSSR count). The largest absolute Gasteiger partial charge is 0.388 e. The van der Waals surface area contributed by atoms with Crippen LogP contribution in [0.25, 0.3) is 0 Å². The van der Waals surface area contributed by atoms with Gasteiger partial charge in [-0.2, -0.15) is 0 Å². The van der Waals surface area contributed by atoms with Crippen LogP contribution in [0.5, 0.6) is 0 Å². The van der Waals surface area contributed by atoms with Crippen molar-refractivity contribution in [2.24, 2.45) is 0 Å². The van der Waals surface area contributed by atoms with Crippen LogP contribution in [0.1, 0.15) is 11.1 Å². The summed E-state index contributed by atoms with van der Waals surface area (Å²) in [5.74, 6) is 0. The number of fused-ring (bicyclic) bond motifs is 1. The summed E-state index contributed by atoms with van der Waals surface area (Å²) in [4.78, 5) is 2.40. The van der Waals surface area contributed by atoms with Crippen molar-refractivity contribution < 1.29 is 0 Å². The molecule has 0 amide bonds. The van der Waals surface area contributed by atoms with Crippen LogP contribution in [0, 0.1) is 0 Å². The van der Waals surface area contributed by atoms with E-state index in [2.05, 4.69) is 68.6 Å². The summed E-state index contributed by atoms with van der Waals surface area (Å²) in [6.45, 7) is 1.95. The molecule has 0 aromatic heterocycles. The maximum Gasteiger partial charge on any atom is 0.0516 e. The van der Waals surface area contributed by atoms with Gasteiger partial charge in [-0.3, -0.25) is 0 Å². The van der Waals surface area contributed by atoms with Gasteiger partial charge in [-0.1, -0.05) is 24.3 Å². The second-order valence-corrected chi connectivity index (χ2v) is 5.36. The Balaban J connectivity index is 1.96. The zero-order chi connectivity index (χ0) is 12.5. The van der Waals surface area contributed by atoms with Crippen LogP contribution in [0.3, 0.4) is 0 Å². The lowest BCUT2D eigenvalue weighted by Gasteiger charge is -2.19. The molecule has 1 aliphatic heterocycles. The highest BCUT2D eigenvalue weighted by Crippen LogP contribution is 2.35. The van der Waals surface area contributed by atoms with E-state index in [1.54, 1.807) is 0 Å². The lowest BCUT2D eigenvalue weighted by atomic mass is 10.1. The van der Waals surface area contributed by atoms with Crippen LogP contribution in [0.4, 0.5) is 11.4 Å². The Morgan fingerprint density at radius 1 is 1.06 bits per heavy atom. The van der Waals surface area contributed by atoms with Crippen molar-refractivity contribution in [1.82, 2.24) is 0 Å². The molecule has 1 N–H and O–H groups in total. The number of hydrogen-bond acceptors (Lipinski definition) is 2. The Morgan fingerprint density at radius 3 is 2.67 bits per heavy atom. The van der Waals surface area contributed by atoms with Crippen molar-refractivity contribution >= 4 is 27.3 Å². The molecule has 0 aliphatic carbocycles. The topological polar surface area (TPSA) is 15.3 Å². The lowest BCUT2D eigenvalue weighted by Crippen LogP contribution is -2.14. The normalized spacial score (nSPS) is 13.6. The van der Waals surface area contributed by atoms with E-state index in [1.165, 1.54) is 22.5 Å². The minimum absolute atomic E-state index is 0.967. The van der Waals surface area contributed by atoms with E-state index in [4.69, 9.17) is 0 Å². The van der Waals surface area contributed by atoms with Crippen molar-refractivity contribution in [2.75, 3.05) is 17.3 Å². The first-order valence-corrected chi connectivity index (χ1v) is 6.87. The molecular weight excluding hydrogens is 288 g/mol. The Kier molecular flexibility index (Phi) is 3.00. The van der Waals surface area contributed by atoms with Gasteiger partial charge in [0.05, 0.1) is 5.69 Å². The summed E-state index contributed by atoms with van der Waals surface area (Å²) < 4.78 is 1.16.